The maximum absolute atomic E-state index is 11.7. The van der Waals surface area contributed by atoms with Gasteiger partial charge in [0.1, 0.15) is 0 Å². The molecule has 1 atom stereocenters. The van der Waals surface area contributed by atoms with Crippen LogP contribution < -0.4 is 10.6 Å². The Balaban J connectivity index is 1.65. The first-order valence-corrected chi connectivity index (χ1v) is 7.28. The molecule has 18 heavy (non-hydrogen) atoms. The van der Waals surface area contributed by atoms with Crippen LogP contribution in [0.1, 0.15) is 24.8 Å². The minimum Gasteiger partial charge on any atom is -0.356 e. The first kappa shape index (κ1) is 13.6. The van der Waals surface area contributed by atoms with Gasteiger partial charge >= 0.3 is 0 Å². The first-order chi connectivity index (χ1) is 8.74. The zero-order valence-corrected chi connectivity index (χ0v) is 12.0. The van der Waals surface area contributed by atoms with Crippen molar-refractivity contribution < 1.29 is 4.79 Å². The molecular formula is C14H19BrN2O. The number of carbonyl (C=O) groups is 1. The minimum absolute atomic E-state index is 0.159. The molecule has 1 aliphatic heterocycles. The van der Waals surface area contributed by atoms with Crippen molar-refractivity contribution in [2.24, 2.45) is 0 Å². The second kappa shape index (κ2) is 6.90. The number of hydrogen-bond donors (Lipinski definition) is 2. The molecule has 0 saturated carbocycles. The third kappa shape index (κ3) is 4.42. The fraction of sp³-hybridized carbons (Fsp3) is 0.500. The van der Waals surface area contributed by atoms with Crippen LogP contribution in [0.5, 0.6) is 0 Å². The first-order valence-electron chi connectivity index (χ1n) is 6.48. The number of carbonyl (C=O) groups excluding carboxylic acids is 1. The summed E-state index contributed by atoms with van der Waals surface area (Å²) in [4.78, 5) is 11.7. The van der Waals surface area contributed by atoms with E-state index in [9.17, 15) is 4.79 Å². The predicted molar refractivity (Wildman–Crippen MR) is 76.5 cm³/mol. The molecular weight excluding hydrogens is 292 g/mol. The molecule has 0 aliphatic carbocycles. The lowest BCUT2D eigenvalue weighted by molar-refractivity contribution is -0.121. The van der Waals surface area contributed by atoms with Crippen molar-refractivity contribution in [3.63, 3.8) is 0 Å². The van der Waals surface area contributed by atoms with Gasteiger partial charge in [-0.1, -0.05) is 28.1 Å². The molecule has 1 aromatic carbocycles. The van der Waals surface area contributed by atoms with Crippen molar-refractivity contribution in [2.75, 3.05) is 13.1 Å². The summed E-state index contributed by atoms with van der Waals surface area (Å²) in [6.07, 6.45) is 3.81. The van der Waals surface area contributed by atoms with Crippen LogP contribution in [-0.4, -0.2) is 25.0 Å². The molecule has 2 N–H and O–H groups in total. The van der Waals surface area contributed by atoms with Gasteiger partial charge in [-0.2, -0.15) is 0 Å². The molecule has 0 bridgehead atoms. The van der Waals surface area contributed by atoms with Gasteiger partial charge in [0.15, 0.2) is 0 Å². The predicted octanol–water partition coefficient (Wildman–Crippen LogP) is 2.25. The van der Waals surface area contributed by atoms with Crippen molar-refractivity contribution in [1.82, 2.24) is 10.6 Å². The summed E-state index contributed by atoms with van der Waals surface area (Å²) < 4.78 is 1.09. The van der Waals surface area contributed by atoms with Crippen LogP contribution in [0.2, 0.25) is 0 Å². The van der Waals surface area contributed by atoms with E-state index in [1.807, 2.05) is 12.1 Å². The van der Waals surface area contributed by atoms with E-state index >= 15 is 0 Å². The molecule has 1 aromatic rings. The zero-order chi connectivity index (χ0) is 12.8. The lowest BCUT2D eigenvalue weighted by atomic mass is 10.1. The molecule has 0 aromatic heterocycles. The topological polar surface area (TPSA) is 41.1 Å². The van der Waals surface area contributed by atoms with Crippen LogP contribution in [0.15, 0.2) is 28.7 Å². The summed E-state index contributed by atoms with van der Waals surface area (Å²) in [5.74, 6) is 0.159. The quantitative estimate of drug-likeness (QED) is 0.876. The second-order valence-electron chi connectivity index (χ2n) is 4.72. The molecule has 1 aliphatic rings. The number of halogens is 1. The Morgan fingerprint density at radius 3 is 2.83 bits per heavy atom. The highest BCUT2D eigenvalue weighted by molar-refractivity contribution is 9.10. The number of amides is 1. The molecule has 4 heteroatoms. The van der Waals surface area contributed by atoms with Crippen molar-refractivity contribution in [1.29, 1.82) is 0 Å². The van der Waals surface area contributed by atoms with E-state index in [-0.39, 0.29) is 5.91 Å². The number of hydrogen-bond acceptors (Lipinski definition) is 2. The van der Waals surface area contributed by atoms with Gasteiger partial charge in [-0.3, -0.25) is 4.79 Å². The van der Waals surface area contributed by atoms with Crippen molar-refractivity contribution >= 4 is 21.8 Å². The molecule has 1 heterocycles. The van der Waals surface area contributed by atoms with Crippen LogP contribution in [-0.2, 0) is 11.2 Å². The highest BCUT2D eigenvalue weighted by Crippen LogP contribution is 2.11. The Hall–Kier alpha value is -0.870. The Morgan fingerprint density at radius 1 is 1.39 bits per heavy atom. The van der Waals surface area contributed by atoms with Gasteiger partial charge in [-0.05, 0) is 43.5 Å². The van der Waals surface area contributed by atoms with Gasteiger partial charge in [0.2, 0.25) is 5.91 Å². The summed E-state index contributed by atoms with van der Waals surface area (Å²) in [5, 5.41) is 6.32. The van der Waals surface area contributed by atoms with Crippen LogP contribution in [0.4, 0.5) is 0 Å². The van der Waals surface area contributed by atoms with Gasteiger partial charge in [-0.15, -0.1) is 0 Å². The molecule has 98 valence electrons. The Bertz CT molecular complexity index is 385. The summed E-state index contributed by atoms with van der Waals surface area (Å²) >= 11 is 3.41. The van der Waals surface area contributed by atoms with Gasteiger partial charge < -0.3 is 10.6 Å². The standard InChI is InChI=1S/C14H19BrN2O/c15-12-5-3-11(4-6-12)7-9-17-14(18)10-13-2-1-8-16-13/h3-6,13,16H,1-2,7-10H2,(H,17,18). The maximum atomic E-state index is 11.7. The van der Waals surface area contributed by atoms with Crippen molar-refractivity contribution in [3.8, 4) is 0 Å². The number of benzene rings is 1. The summed E-state index contributed by atoms with van der Waals surface area (Å²) in [5.41, 5.74) is 1.25. The Morgan fingerprint density at radius 2 is 2.17 bits per heavy atom. The highest BCUT2D eigenvalue weighted by atomic mass is 79.9. The van der Waals surface area contributed by atoms with E-state index in [0.29, 0.717) is 19.0 Å². The molecule has 1 unspecified atom stereocenters. The minimum atomic E-state index is 0.159. The number of rotatable bonds is 5. The van der Waals surface area contributed by atoms with Crippen LogP contribution in [0.25, 0.3) is 0 Å². The lowest BCUT2D eigenvalue weighted by Gasteiger charge is -2.10. The van der Waals surface area contributed by atoms with E-state index in [0.717, 1.165) is 23.9 Å². The largest absolute Gasteiger partial charge is 0.356 e. The van der Waals surface area contributed by atoms with E-state index in [1.54, 1.807) is 0 Å². The van der Waals surface area contributed by atoms with Gasteiger partial charge in [0.05, 0.1) is 0 Å². The fourth-order valence-electron chi connectivity index (χ4n) is 2.22. The molecule has 0 radical (unpaired) electrons. The SMILES string of the molecule is O=C(CC1CCCN1)NCCc1ccc(Br)cc1. The monoisotopic (exact) mass is 310 g/mol. The van der Waals surface area contributed by atoms with E-state index in [2.05, 4.69) is 38.7 Å². The normalized spacial score (nSPS) is 18.8. The Labute approximate surface area is 116 Å². The number of nitrogens with one attached hydrogen (secondary N) is 2. The highest BCUT2D eigenvalue weighted by Gasteiger charge is 2.16. The van der Waals surface area contributed by atoms with Gasteiger partial charge in [0.25, 0.3) is 0 Å². The molecule has 3 nitrogen and oxygen atoms in total. The van der Waals surface area contributed by atoms with Crippen molar-refractivity contribution in [2.45, 2.75) is 31.7 Å². The molecule has 0 spiro atoms. The second-order valence-corrected chi connectivity index (χ2v) is 5.64. The van der Waals surface area contributed by atoms with Gasteiger partial charge in [-0.25, -0.2) is 0 Å². The van der Waals surface area contributed by atoms with Gasteiger partial charge in [0, 0.05) is 23.5 Å². The van der Waals surface area contributed by atoms with E-state index in [1.165, 1.54) is 12.0 Å². The van der Waals surface area contributed by atoms with Crippen molar-refractivity contribution in [3.05, 3.63) is 34.3 Å². The average molecular weight is 311 g/mol. The molecule has 1 fully saturated rings. The average Bonchev–Trinajstić information content (AvgIpc) is 2.84. The fourth-order valence-corrected chi connectivity index (χ4v) is 2.49. The maximum Gasteiger partial charge on any atom is 0.221 e. The van der Waals surface area contributed by atoms with Crippen LogP contribution >= 0.6 is 15.9 Å². The van der Waals surface area contributed by atoms with Crippen LogP contribution in [0, 0.1) is 0 Å². The smallest absolute Gasteiger partial charge is 0.221 e. The lowest BCUT2D eigenvalue weighted by Crippen LogP contribution is -2.32. The molecule has 1 amide bonds. The van der Waals surface area contributed by atoms with E-state index in [4.69, 9.17) is 0 Å². The molecule has 2 rings (SSSR count). The zero-order valence-electron chi connectivity index (χ0n) is 10.4. The van der Waals surface area contributed by atoms with E-state index < -0.39 is 0 Å². The third-order valence-electron chi connectivity index (χ3n) is 3.24. The van der Waals surface area contributed by atoms with Crippen LogP contribution in [0.3, 0.4) is 0 Å². The Kier molecular flexibility index (Phi) is 5.20. The summed E-state index contributed by atoms with van der Waals surface area (Å²) in [6.45, 7) is 1.77. The third-order valence-corrected chi connectivity index (χ3v) is 3.77. The summed E-state index contributed by atoms with van der Waals surface area (Å²) in [7, 11) is 0. The summed E-state index contributed by atoms with van der Waals surface area (Å²) in [6, 6.07) is 8.60. The molecule has 1 saturated heterocycles.